The van der Waals surface area contributed by atoms with Crippen LogP contribution >= 0.6 is 0 Å². The van der Waals surface area contributed by atoms with Gasteiger partial charge in [-0.15, -0.1) is 0 Å². The molecule has 8 heteroatoms. The fourth-order valence-corrected chi connectivity index (χ4v) is 5.24. The Morgan fingerprint density at radius 2 is 1.79 bits per heavy atom. The van der Waals surface area contributed by atoms with Crippen LogP contribution in [0.1, 0.15) is 114 Å². The molecule has 1 amide bonds. The van der Waals surface area contributed by atoms with Gasteiger partial charge in [-0.1, -0.05) is 50.1 Å². The second-order valence-corrected chi connectivity index (χ2v) is 11.4. The predicted octanol–water partition coefficient (Wildman–Crippen LogP) is 4.80. The lowest BCUT2D eigenvalue weighted by Gasteiger charge is -2.34. The Morgan fingerprint density at radius 3 is 2.41 bits per heavy atom. The maximum Gasteiger partial charge on any atom is 0.307 e. The number of piperidine rings is 1. The molecule has 1 aromatic heterocycles. The maximum atomic E-state index is 13.0. The van der Waals surface area contributed by atoms with Crippen LogP contribution in [0.15, 0.2) is 4.52 Å². The summed E-state index contributed by atoms with van der Waals surface area (Å²) in [5.41, 5.74) is -0.543. The van der Waals surface area contributed by atoms with Crippen molar-refractivity contribution in [2.45, 2.75) is 109 Å². The zero-order chi connectivity index (χ0) is 24.7. The molecule has 3 rings (SSSR count). The van der Waals surface area contributed by atoms with Crippen molar-refractivity contribution in [3.63, 3.8) is 0 Å². The van der Waals surface area contributed by atoms with Crippen molar-refractivity contribution in [2.75, 3.05) is 27.2 Å². The van der Waals surface area contributed by atoms with E-state index in [1.165, 1.54) is 32.1 Å². The predicted molar refractivity (Wildman–Crippen MR) is 131 cm³/mol. The number of hydrogen-bond donors (Lipinski definition) is 0. The Hall–Kier alpha value is -1.96. The molecule has 0 aromatic carbocycles. The average molecular weight is 477 g/mol. The van der Waals surface area contributed by atoms with E-state index in [9.17, 15) is 9.59 Å². The largest absolute Gasteiger partial charge is 0.460 e. The molecule has 1 unspecified atom stereocenters. The Morgan fingerprint density at radius 1 is 1.12 bits per heavy atom. The highest BCUT2D eigenvalue weighted by molar-refractivity contribution is 5.90. The number of esters is 1. The van der Waals surface area contributed by atoms with Crippen LogP contribution in [-0.4, -0.2) is 70.6 Å². The lowest BCUT2D eigenvalue weighted by atomic mass is 9.84. The topological polar surface area (TPSA) is 88.8 Å². The minimum atomic E-state index is -0.543. The van der Waals surface area contributed by atoms with Gasteiger partial charge in [-0.05, 0) is 60.0 Å². The summed E-state index contributed by atoms with van der Waals surface area (Å²) in [5.74, 6) is 0.561. The van der Waals surface area contributed by atoms with Gasteiger partial charge >= 0.3 is 5.97 Å². The number of rotatable bonds is 9. The van der Waals surface area contributed by atoms with E-state index in [0.29, 0.717) is 25.0 Å². The van der Waals surface area contributed by atoms with Gasteiger partial charge in [0.2, 0.25) is 5.89 Å². The van der Waals surface area contributed by atoms with Gasteiger partial charge in [0.05, 0.1) is 6.42 Å². The summed E-state index contributed by atoms with van der Waals surface area (Å²) in [6.07, 6.45) is 11.6. The minimum absolute atomic E-state index is 0.0970. The third-order valence-corrected chi connectivity index (χ3v) is 7.19. The first-order chi connectivity index (χ1) is 16.1. The number of ether oxygens (including phenoxy) is 1. The van der Waals surface area contributed by atoms with E-state index in [1.54, 1.807) is 4.90 Å². The zero-order valence-electron chi connectivity index (χ0n) is 21.8. The van der Waals surface area contributed by atoms with Crippen molar-refractivity contribution in [3.8, 4) is 0 Å². The van der Waals surface area contributed by atoms with E-state index in [1.807, 2.05) is 20.8 Å². The molecule has 192 valence electrons. The summed E-state index contributed by atoms with van der Waals surface area (Å²) < 4.78 is 11.1. The summed E-state index contributed by atoms with van der Waals surface area (Å²) in [6, 6.07) is 0.493. The molecule has 0 bridgehead atoms. The smallest absolute Gasteiger partial charge is 0.307 e. The van der Waals surface area contributed by atoms with E-state index in [4.69, 9.17) is 9.26 Å². The van der Waals surface area contributed by atoms with Crippen LogP contribution in [0, 0.1) is 5.92 Å². The Kier molecular flexibility index (Phi) is 9.51. The molecular formula is C26H44N4O4. The summed E-state index contributed by atoms with van der Waals surface area (Å²) in [6.45, 7) is 6.98. The fourth-order valence-electron chi connectivity index (χ4n) is 5.24. The van der Waals surface area contributed by atoms with Crippen LogP contribution in [0.25, 0.3) is 0 Å². The normalized spacial score (nSPS) is 19.4. The Bertz CT molecular complexity index is 787. The van der Waals surface area contributed by atoms with Gasteiger partial charge < -0.3 is 19.1 Å². The zero-order valence-corrected chi connectivity index (χ0v) is 21.8. The van der Waals surface area contributed by atoms with Gasteiger partial charge in [-0.3, -0.25) is 9.59 Å². The second kappa shape index (κ2) is 12.1. The standard InChI is InChI=1S/C26H44N4O4/c1-26(2,3)33-22(31)18-20(13-9-12-19-10-7-6-8-11-19)24-27-23(28-34-24)25(32)30-16-14-21(15-17-30)29(4)5/h19-21H,6-18H2,1-5H3. The molecule has 0 N–H and O–H groups in total. The highest BCUT2D eigenvalue weighted by atomic mass is 16.6. The van der Waals surface area contributed by atoms with Crippen molar-refractivity contribution in [3.05, 3.63) is 11.7 Å². The molecule has 1 saturated heterocycles. The highest BCUT2D eigenvalue weighted by Crippen LogP contribution is 2.31. The van der Waals surface area contributed by atoms with Crippen LogP contribution < -0.4 is 0 Å². The van der Waals surface area contributed by atoms with Crippen molar-refractivity contribution in [1.29, 1.82) is 0 Å². The molecule has 2 aliphatic rings. The van der Waals surface area contributed by atoms with Crippen molar-refractivity contribution in [1.82, 2.24) is 19.9 Å². The van der Waals surface area contributed by atoms with Crippen molar-refractivity contribution in [2.24, 2.45) is 5.92 Å². The minimum Gasteiger partial charge on any atom is -0.460 e. The molecule has 0 radical (unpaired) electrons. The van der Waals surface area contributed by atoms with E-state index in [-0.39, 0.29) is 30.0 Å². The maximum absolute atomic E-state index is 13.0. The van der Waals surface area contributed by atoms with Crippen LogP contribution in [0.4, 0.5) is 0 Å². The van der Waals surface area contributed by atoms with Crippen LogP contribution in [0.2, 0.25) is 0 Å². The van der Waals surface area contributed by atoms with Gasteiger partial charge in [0.1, 0.15) is 5.60 Å². The second-order valence-electron chi connectivity index (χ2n) is 11.4. The number of hydrogen-bond acceptors (Lipinski definition) is 7. The molecule has 8 nitrogen and oxygen atoms in total. The summed E-state index contributed by atoms with van der Waals surface area (Å²) in [7, 11) is 4.15. The first-order valence-corrected chi connectivity index (χ1v) is 13.1. The van der Waals surface area contributed by atoms with Crippen molar-refractivity contribution >= 4 is 11.9 Å². The molecule has 1 atom stereocenters. The highest BCUT2D eigenvalue weighted by Gasteiger charge is 2.30. The van der Waals surface area contributed by atoms with Crippen LogP contribution in [0.3, 0.4) is 0 Å². The Balaban J connectivity index is 1.62. The monoisotopic (exact) mass is 476 g/mol. The van der Waals surface area contributed by atoms with Gasteiger partial charge in [0.15, 0.2) is 0 Å². The lowest BCUT2D eigenvalue weighted by Crippen LogP contribution is -2.44. The quantitative estimate of drug-likeness (QED) is 0.473. The SMILES string of the molecule is CN(C)C1CCN(C(=O)c2noc(C(CCCC3CCCCC3)CC(=O)OC(C)(C)C)n2)CC1. The average Bonchev–Trinajstić information content (AvgIpc) is 3.28. The molecule has 1 saturated carbocycles. The van der Waals surface area contributed by atoms with E-state index >= 15 is 0 Å². The molecule has 0 spiro atoms. The number of likely N-dealkylation sites (tertiary alicyclic amines) is 1. The molecule has 1 aromatic rings. The number of amides is 1. The summed E-state index contributed by atoms with van der Waals surface area (Å²) in [5, 5.41) is 4.01. The van der Waals surface area contributed by atoms with E-state index in [2.05, 4.69) is 29.1 Å². The summed E-state index contributed by atoms with van der Waals surface area (Å²) >= 11 is 0. The molecule has 2 fully saturated rings. The van der Waals surface area contributed by atoms with Crippen molar-refractivity contribution < 1.29 is 18.8 Å². The summed E-state index contributed by atoms with van der Waals surface area (Å²) in [4.78, 5) is 34.1. The van der Waals surface area contributed by atoms with Gasteiger partial charge in [0, 0.05) is 25.0 Å². The van der Waals surface area contributed by atoms with Gasteiger partial charge in [-0.25, -0.2) is 0 Å². The van der Waals surface area contributed by atoms with Gasteiger partial charge in [0.25, 0.3) is 11.7 Å². The third kappa shape index (κ3) is 8.07. The first-order valence-electron chi connectivity index (χ1n) is 13.1. The molecular weight excluding hydrogens is 432 g/mol. The van der Waals surface area contributed by atoms with E-state index < -0.39 is 5.60 Å². The van der Waals surface area contributed by atoms with Crippen LogP contribution in [0.5, 0.6) is 0 Å². The third-order valence-electron chi connectivity index (χ3n) is 7.19. The molecule has 1 aliphatic carbocycles. The van der Waals surface area contributed by atoms with E-state index in [0.717, 1.165) is 38.0 Å². The molecule has 1 aliphatic heterocycles. The van der Waals surface area contributed by atoms with Gasteiger partial charge in [-0.2, -0.15) is 4.98 Å². The lowest BCUT2D eigenvalue weighted by molar-refractivity contribution is -0.155. The first kappa shape index (κ1) is 26.6. The number of carbonyl (C=O) groups is 2. The number of nitrogens with zero attached hydrogens (tertiary/aromatic N) is 4. The molecule has 34 heavy (non-hydrogen) atoms. The van der Waals surface area contributed by atoms with Crippen LogP contribution in [-0.2, 0) is 9.53 Å². The Labute approximate surface area is 204 Å². The number of aromatic nitrogens is 2. The fraction of sp³-hybridized carbons (Fsp3) is 0.846. The number of carbonyl (C=O) groups excluding carboxylic acids is 2. The molecule has 2 heterocycles.